The van der Waals surface area contributed by atoms with Gasteiger partial charge in [0.25, 0.3) is 5.91 Å². The fourth-order valence-electron chi connectivity index (χ4n) is 7.04. The quantitative estimate of drug-likeness (QED) is 0.0648. The molecule has 1 aromatic rings. The zero-order valence-electron chi connectivity index (χ0n) is 36.0. The second-order valence-electron chi connectivity index (χ2n) is 15.9. The van der Waals surface area contributed by atoms with E-state index in [9.17, 15) is 15.0 Å². The average molecular weight is 762 g/mol. The number of rotatable bonds is 40. The van der Waals surface area contributed by atoms with Crippen molar-refractivity contribution in [2.45, 2.75) is 219 Å². The number of ether oxygens (including phenoxy) is 3. The summed E-state index contributed by atoms with van der Waals surface area (Å²) in [5, 5.41) is 19.4. The van der Waals surface area contributed by atoms with Gasteiger partial charge in [0, 0.05) is 19.2 Å². The molecule has 0 aliphatic rings. The Bertz CT molecular complexity index is 940. The molecule has 0 spiro atoms. The molecule has 0 aliphatic heterocycles. The van der Waals surface area contributed by atoms with Crippen LogP contribution in [0.1, 0.15) is 224 Å². The minimum atomic E-state index is -0.998. The van der Waals surface area contributed by atoms with Crippen LogP contribution in [0.2, 0.25) is 0 Å². The molecule has 0 aliphatic carbocycles. The van der Waals surface area contributed by atoms with E-state index in [0.29, 0.717) is 42.6 Å². The number of hydrogen-bond donors (Lipinski definition) is 2. The highest BCUT2D eigenvalue weighted by molar-refractivity contribution is 5.95. The molecular formula is C47H87NO6. The molecular weight excluding hydrogens is 675 g/mol. The van der Waals surface area contributed by atoms with Crippen molar-refractivity contribution in [1.82, 2.24) is 4.90 Å². The van der Waals surface area contributed by atoms with E-state index in [0.717, 1.165) is 38.5 Å². The third-order valence-corrected chi connectivity index (χ3v) is 10.6. The first-order valence-electron chi connectivity index (χ1n) is 23.1. The fraction of sp³-hybridized carbons (Fsp3) is 0.851. The first kappa shape index (κ1) is 50.0. The van der Waals surface area contributed by atoms with Crippen LogP contribution in [-0.2, 0) is 0 Å². The van der Waals surface area contributed by atoms with Gasteiger partial charge in [-0.3, -0.25) is 4.79 Å². The van der Waals surface area contributed by atoms with E-state index in [-0.39, 0.29) is 12.5 Å². The van der Waals surface area contributed by atoms with Gasteiger partial charge in [-0.15, -0.1) is 0 Å². The van der Waals surface area contributed by atoms with Crippen molar-refractivity contribution in [2.24, 2.45) is 0 Å². The summed E-state index contributed by atoms with van der Waals surface area (Å²) < 4.78 is 19.3. The molecule has 316 valence electrons. The normalized spacial score (nSPS) is 11.9. The van der Waals surface area contributed by atoms with Crippen LogP contribution in [0.5, 0.6) is 17.2 Å². The maximum atomic E-state index is 13.6. The predicted molar refractivity (Wildman–Crippen MR) is 229 cm³/mol. The number of carbonyl (C=O) groups excluding carboxylic acids is 1. The van der Waals surface area contributed by atoms with Crippen molar-refractivity contribution in [1.29, 1.82) is 0 Å². The maximum absolute atomic E-state index is 13.6. The van der Waals surface area contributed by atoms with Gasteiger partial charge in [0.1, 0.15) is 0 Å². The summed E-state index contributed by atoms with van der Waals surface area (Å²) >= 11 is 0. The van der Waals surface area contributed by atoms with Crippen LogP contribution < -0.4 is 14.2 Å². The average Bonchev–Trinajstić information content (AvgIpc) is 3.18. The number of unbranched alkanes of at least 4 members (excludes halogenated alkanes) is 27. The monoisotopic (exact) mass is 762 g/mol. The summed E-state index contributed by atoms with van der Waals surface area (Å²) in [6.45, 7) is 8.12. The topological polar surface area (TPSA) is 88.5 Å². The highest BCUT2D eigenvalue weighted by atomic mass is 16.5. The zero-order valence-corrected chi connectivity index (χ0v) is 36.0. The third kappa shape index (κ3) is 26.8. The van der Waals surface area contributed by atoms with Crippen molar-refractivity contribution in [3.63, 3.8) is 0 Å². The molecule has 1 amide bonds. The summed E-state index contributed by atoms with van der Waals surface area (Å²) in [6.07, 6.45) is 36.7. The van der Waals surface area contributed by atoms with E-state index in [1.165, 1.54) is 159 Å². The maximum Gasteiger partial charge on any atom is 0.253 e. The van der Waals surface area contributed by atoms with Gasteiger partial charge < -0.3 is 29.3 Å². The Balaban J connectivity index is 2.91. The minimum Gasteiger partial charge on any atom is -0.490 e. The molecule has 7 heteroatoms. The number of aliphatic hydroxyl groups is 2. The Morgan fingerprint density at radius 2 is 0.815 bits per heavy atom. The SMILES string of the molecule is CCCCCCCCCCCCOc1cc(C(=O)N(C)CC(O)CO)cc(OCCCCCCCCCCCC)c1OCCCCCCCCCCCC. The van der Waals surface area contributed by atoms with Gasteiger partial charge >= 0.3 is 0 Å². The van der Waals surface area contributed by atoms with Crippen LogP contribution in [0.15, 0.2) is 12.1 Å². The second-order valence-corrected chi connectivity index (χ2v) is 15.9. The molecule has 0 saturated heterocycles. The van der Waals surface area contributed by atoms with Crippen LogP contribution in [-0.4, -0.2) is 67.1 Å². The lowest BCUT2D eigenvalue weighted by atomic mass is 10.1. The van der Waals surface area contributed by atoms with Crippen molar-refractivity contribution >= 4 is 5.91 Å². The molecule has 0 saturated carbocycles. The first-order valence-corrected chi connectivity index (χ1v) is 23.1. The molecule has 0 radical (unpaired) electrons. The van der Waals surface area contributed by atoms with E-state index in [1.807, 2.05) is 0 Å². The molecule has 1 aromatic carbocycles. The molecule has 0 bridgehead atoms. The standard InChI is InChI=1S/C47H87NO6/c1-5-8-11-14-17-20-23-26-29-32-35-52-44-38-42(47(51)48(4)40-43(50)41-49)39-45(53-36-33-30-27-24-21-18-15-12-9-6-2)46(44)54-37-34-31-28-25-22-19-16-13-10-7-3/h38-39,43,49-50H,5-37,40-41H2,1-4H3. The third-order valence-electron chi connectivity index (χ3n) is 10.6. The Kier molecular flexibility index (Phi) is 33.9. The molecule has 1 rings (SSSR count). The molecule has 0 heterocycles. The fourth-order valence-corrected chi connectivity index (χ4v) is 7.04. The minimum absolute atomic E-state index is 0.0376. The number of likely N-dealkylation sites (N-methyl/N-ethyl adjacent to an activating group) is 1. The molecule has 0 fully saturated rings. The van der Waals surface area contributed by atoms with Crippen LogP contribution in [0, 0.1) is 0 Å². The van der Waals surface area contributed by atoms with Gasteiger partial charge in [0.05, 0.1) is 32.5 Å². The van der Waals surface area contributed by atoms with Gasteiger partial charge in [0.2, 0.25) is 5.75 Å². The molecule has 2 N–H and O–H groups in total. The Hall–Kier alpha value is -1.99. The van der Waals surface area contributed by atoms with Crippen molar-refractivity contribution in [3.8, 4) is 17.2 Å². The highest BCUT2D eigenvalue weighted by Crippen LogP contribution is 2.40. The van der Waals surface area contributed by atoms with E-state index < -0.39 is 12.7 Å². The lowest BCUT2D eigenvalue weighted by molar-refractivity contribution is 0.0519. The summed E-state index contributed by atoms with van der Waals surface area (Å²) in [5.74, 6) is 1.45. The van der Waals surface area contributed by atoms with Crippen molar-refractivity contribution < 1.29 is 29.2 Å². The largest absolute Gasteiger partial charge is 0.490 e. The lowest BCUT2D eigenvalue weighted by Crippen LogP contribution is -2.35. The number of aliphatic hydroxyl groups excluding tert-OH is 2. The van der Waals surface area contributed by atoms with Crippen LogP contribution >= 0.6 is 0 Å². The molecule has 54 heavy (non-hydrogen) atoms. The predicted octanol–water partition coefficient (Wildman–Crippen LogP) is 13.0. The molecule has 7 nitrogen and oxygen atoms in total. The molecule has 1 unspecified atom stereocenters. The van der Waals surface area contributed by atoms with Gasteiger partial charge in [-0.2, -0.15) is 0 Å². The lowest BCUT2D eigenvalue weighted by Gasteiger charge is -2.22. The van der Waals surface area contributed by atoms with E-state index in [1.54, 1.807) is 19.2 Å². The summed E-state index contributed by atoms with van der Waals surface area (Å²) in [7, 11) is 1.64. The van der Waals surface area contributed by atoms with E-state index >= 15 is 0 Å². The van der Waals surface area contributed by atoms with Crippen molar-refractivity contribution in [2.75, 3.05) is 40.0 Å². The van der Waals surface area contributed by atoms with Gasteiger partial charge in [0.15, 0.2) is 11.5 Å². The Labute approximate surface area is 333 Å². The van der Waals surface area contributed by atoms with E-state index in [4.69, 9.17) is 14.2 Å². The second kappa shape index (κ2) is 36.6. The molecule has 0 aromatic heterocycles. The Morgan fingerprint density at radius 1 is 0.519 bits per heavy atom. The molecule has 1 atom stereocenters. The number of hydrogen-bond acceptors (Lipinski definition) is 6. The van der Waals surface area contributed by atoms with Crippen LogP contribution in [0.25, 0.3) is 0 Å². The first-order chi connectivity index (χ1) is 26.5. The number of benzene rings is 1. The van der Waals surface area contributed by atoms with Crippen LogP contribution in [0.4, 0.5) is 0 Å². The smallest absolute Gasteiger partial charge is 0.253 e. The zero-order chi connectivity index (χ0) is 39.3. The van der Waals surface area contributed by atoms with E-state index in [2.05, 4.69) is 20.8 Å². The Morgan fingerprint density at radius 3 is 1.13 bits per heavy atom. The van der Waals surface area contributed by atoms with Gasteiger partial charge in [-0.1, -0.05) is 194 Å². The number of nitrogens with zero attached hydrogens (tertiary/aromatic N) is 1. The van der Waals surface area contributed by atoms with Crippen LogP contribution in [0.3, 0.4) is 0 Å². The van der Waals surface area contributed by atoms with Gasteiger partial charge in [-0.25, -0.2) is 0 Å². The summed E-state index contributed by atoms with van der Waals surface area (Å²) in [6, 6.07) is 3.56. The number of amides is 1. The summed E-state index contributed by atoms with van der Waals surface area (Å²) in [4.78, 5) is 15.0. The van der Waals surface area contributed by atoms with Crippen molar-refractivity contribution in [3.05, 3.63) is 17.7 Å². The number of carbonyl (C=O) groups is 1. The van der Waals surface area contributed by atoms with Gasteiger partial charge in [-0.05, 0) is 31.4 Å². The highest BCUT2D eigenvalue weighted by Gasteiger charge is 2.22. The summed E-state index contributed by atoms with van der Waals surface area (Å²) in [5.41, 5.74) is 0.435.